The van der Waals surface area contributed by atoms with E-state index in [0.29, 0.717) is 19.0 Å². The molecule has 0 spiro atoms. The SMILES string of the molecule is Cc1noc(C)c1S(=O)(=O)Nc1c(N2CCC(CCc3ccccc3)CC2)c(=O)c1=O. The molecule has 3 aromatic rings. The predicted molar refractivity (Wildman–Crippen MR) is 118 cm³/mol. The van der Waals surface area contributed by atoms with Crippen molar-refractivity contribution in [2.24, 2.45) is 5.92 Å². The van der Waals surface area contributed by atoms with Crippen LogP contribution in [0.3, 0.4) is 0 Å². The number of hydrogen-bond donors (Lipinski definition) is 1. The van der Waals surface area contributed by atoms with E-state index in [1.165, 1.54) is 19.4 Å². The molecule has 9 heteroatoms. The second-order valence-corrected chi connectivity index (χ2v) is 9.71. The molecule has 31 heavy (non-hydrogen) atoms. The normalized spacial score (nSPS) is 15.5. The maximum Gasteiger partial charge on any atom is 0.267 e. The first-order valence-electron chi connectivity index (χ1n) is 10.4. The third kappa shape index (κ3) is 4.14. The largest absolute Gasteiger partial charge is 0.366 e. The summed E-state index contributed by atoms with van der Waals surface area (Å²) >= 11 is 0. The summed E-state index contributed by atoms with van der Waals surface area (Å²) in [4.78, 5) is 26.1. The van der Waals surface area contributed by atoms with Crippen LogP contribution in [0.4, 0.5) is 11.4 Å². The smallest absolute Gasteiger partial charge is 0.267 e. The van der Waals surface area contributed by atoms with Crippen LogP contribution in [0, 0.1) is 19.8 Å². The van der Waals surface area contributed by atoms with E-state index in [-0.39, 0.29) is 27.7 Å². The molecule has 2 aromatic carbocycles. The number of sulfonamides is 1. The van der Waals surface area contributed by atoms with E-state index in [0.717, 1.165) is 25.7 Å². The van der Waals surface area contributed by atoms with Gasteiger partial charge in [0.15, 0.2) is 10.7 Å². The second kappa shape index (κ2) is 8.30. The third-order valence-corrected chi connectivity index (χ3v) is 7.57. The van der Waals surface area contributed by atoms with Crippen LogP contribution < -0.4 is 20.5 Å². The Morgan fingerprint density at radius 3 is 2.39 bits per heavy atom. The molecule has 1 N–H and O–H groups in total. The van der Waals surface area contributed by atoms with Crippen molar-refractivity contribution >= 4 is 21.4 Å². The van der Waals surface area contributed by atoms with E-state index >= 15 is 0 Å². The zero-order chi connectivity index (χ0) is 22.2. The quantitative estimate of drug-likeness (QED) is 0.559. The minimum Gasteiger partial charge on any atom is -0.366 e. The van der Waals surface area contributed by atoms with Gasteiger partial charge in [-0.2, -0.15) is 0 Å². The van der Waals surface area contributed by atoms with Crippen molar-refractivity contribution in [2.75, 3.05) is 22.7 Å². The molecule has 0 amide bonds. The van der Waals surface area contributed by atoms with E-state index in [2.05, 4.69) is 22.0 Å². The van der Waals surface area contributed by atoms with Gasteiger partial charge in [0, 0.05) is 13.1 Å². The van der Waals surface area contributed by atoms with Gasteiger partial charge in [-0.3, -0.25) is 14.3 Å². The number of aryl methyl sites for hydroxylation is 3. The average Bonchev–Trinajstić information content (AvgIpc) is 3.12. The first kappa shape index (κ1) is 21.3. The Hall–Kier alpha value is -2.94. The number of benzene rings is 1. The number of aromatic nitrogens is 1. The number of anilines is 2. The lowest BCUT2D eigenvalue weighted by atomic mass is 9.90. The molecule has 0 unspecified atom stereocenters. The van der Waals surface area contributed by atoms with E-state index < -0.39 is 20.9 Å². The Labute approximate surface area is 180 Å². The number of rotatable bonds is 7. The monoisotopic (exact) mass is 443 g/mol. The third-order valence-electron chi connectivity index (χ3n) is 5.97. The van der Waals surface area contributed by atoms with Gasteiger partial charge in [-0.05, 0) is 51.0 Å². The number of nitrogens with zero attached hydrogens (tertiary/aromatic N) is 2. The molecule has 0 radical (unpaired) electrons. The Morgan fingerprint density at radius 1 is 1.10 bits per heavy atom. The maximum atomic E-state index is 12.8. The molecular weight excluding hydrogens is 418 g/mol. The van der Waals surface area contributed by atoms with Gasteiger partial charge in [0.1, 0.15) is 17.1 Å². The highest BCUT2D eigenvalue weighted by Gasteiger charge is 2.33. The Balaban J connectivity index is 1.43. The fourth-order valence-corrected chi connectivity index (χ4v) is 5.68. The first-order valence-corrected chi connectivity index (χ1v) is 11.8. The molecule has 1 aliphatic rings. The predicted octanol–water partition coefficient (Wildman–Crippen LogP) is 2.54. The Bertz CT molecular complexity index is 1230. The highest BCUT2D eigenvalue weighted by molar-refractivity contribution is 7.92. The molecule has 0 saturated carbocycles. The van der Waals surface area contributed by atoms with Gasteiger partial charge in [-0.15, -0.1) is 0 Å². The molecule has 1 aliphatic heterocycles. The molecule has 0 aliphatic carbocycles. The van der Waals surface area contributed by atoms with Crippen molar-refractivity contribution in [3.8, 4) is 0 Å². The summed E-state index contributed by atoms with van der Waals surface area (Å²) in [6.07, 6.45) is 3.85. The van der Waals surface area contributed by atoms with Crippen molar-refractivity contribution in [3.05, 3.63) is 67.8 Å². The first-order chi connectivity index (χ1) is 14.8. The summed E-state index contributed by atoms with van der Waals surface area (Å²) in [6, 6.07) is 10.3. The summed E-state index contributed by atoms with van der Waals surface area (Å²) in [5, 5.41) is 3.65. The minimum atomic E-state index is -4.08. The topological polar surface area (TPSA) is 110 Å². The van der Waals surface area contributed by atoms with Crippen LogP contribution in [0.1, 0.15) is 36.3 Å². The highest BCUT2D eigenvalue weighted by atomic mass is 32.2. The van der Waals surface area contributed by atoms with Crippen molar-refractivity contribution in [2.45, 2.75) is 44.4 Å². The lowest BCUT2D eigenvalue weighted by Crippen LogP contribution is -2.46. The van der Waals surface area contributed by atoms with E-state index in [9.17, 15) is 18.0 Å². The van der Waals surface area contributed by atoms with E-state index in [1.54, 1.807) is 0 Å². The molecule has 1 saturated heterocycles. The van der Waals surface area contributed by atoms with Crippen LogP contribution in [0.15, 0.2) is 49.3 Å². The fourth-order valence-electron chi connectivity index (χ4n) is 4.28. The van der Waals surface area contributed by atoms with E-state index in [1.807, 2.05) is 23.1 Å². The number of piperidine rings is 1. The summed E-state index contributed by atoms with van der Waals surface area (Å²) in [6.45, 7) is 4.22. The van der Waals surface area contributed by atoms with Crippen LogP contribution in [0.25, 0.3) is 0 Å². The molecule has 164 valence electrons. The van der Waals surface area contributed by atoms with Gasteiger partial charge >= 0.3 is 0 Å². The molecular formula is C22H25N3O5S. The van der Waals surface area contributed by atoms with Crippen LogP contribution in [-0.2, 0) is 16.4 Å². The van der Waals surface area contributed by atoms with Gasteiger partial charge < -0.3 is 9.42 Å². The summed E-state index contributed by atoms with van der Waals surface area (Å²) in [5.74, 6) is 0.662. The molecule has 4 rings (SSSR count). The average molecular weight is 444 g/mol. The van der Waals surface area contributed by atoms with Crippen LogP contribution >= 0.6 is 0 Å². The van der Waals surface area contributed by atoms with Crippen LogP contribution in [-0.4, -0.2) is 26.7 Å². The molecule has 1 fully saturated rings. The molecule has 1 aromatic heterocycles. The van der Waals surface area contributed by atoms with Crippen molar-refractivity contribution < 1.29 is 12.9 Å². The Kier molecular flexibility index (Phi) is 5.70. The Morgan fingerprint density at radius 2 is 1.77 bits per heavy atom. The zero-order valence-corrected chi connectivity index (χ0v) is 18.4. The lowest BCUT2D eigenvalue weighted by molar-refractivity contribution is 0.381. The number of nitrogens with one attached hydrogen (secondary N) is 1. The number of hydrogen-bond acceptors (Lipinski definition) is 7. The van der Waals surface area contributed by atoms with Crippen molar-refractivity contribution in [1.29, 1.82) is 0 Å². The van der Waals surface area contributed by atoms with Crippen LogP contribution in [0.2, 0.25) is 0 Å². The molecule has 0 atom stereocenters. The van der Waals surface area contributed by atoms with Crippen molar-refractivity contribution in [1.82, 2.24) is 5.16 Å². The molecule has 2 heterocycles. The zero-order valence-electron chi connectivity index (χ0n) is 17.6. The van der Waals surface area contributed by atoms with Gasteiger partial charge in [0.2, 0.25) is 0 Å². The summed E-state index contributed by atoms with van der Waals surface area (Å²) in [5.41, 5.74) is 0.0678. The van der Waals surface area contributed by atoms with Crippen LogP contribution in [0.5, 0.6) is 0 Å². The molecule has 0 bridgehead atoms. The van der Waals surface area contributed by atoms with Gasteiger partial charge in [-0.1, -0.05) is 35.5 Å². The summed E-state index contributed by atoms with van der Waals surface area (Å²) < 4.78 is 32.8. The van der Waals surface area contributed by atoms with Gasteiger partial charge in [0.05, 0.1) is 0 Å². The fraction of sp³-hybridized carbons (Fsp3) is 0.409. The van der Waals surface area contributed by atoms with Crippen molar-refractivity contribution in [3.63, 3.8) is 0 Å². The van der Waals surface area contributed by atoms with Gasteiger partial charge in [0.25, 0.3) is 20.9 Å². The standard InChI is InChI=1S/C22H25N3O5S/c1-14-22(15(2)30-23-14)31(28,29)24-18-19(21(27)20(18)26)25-12-10-17(11-13-25)9-8-16-6-4-3-5-7-16/h3-7,17,24H,8-13H2,1-2H3. The summed E-state index contributed by atoms with van der Waals surface area (Å²) in [7, 11) is -4.08. The molecule has 8 nitrogen and oxygen atoms in total. The maximum absolute atomic E-state index is 12.8. The second-order valence-electron chi connectivity index (χ2n) is 8.10. The van der Waals surface area contributed by atoms with Gasteiger partial charge in [-0.25, -0.2) is 8.42 Å². The lowest BCUT2D eigenvalue weighted by Gasteiger charge is -2.34. The highest BCUT2D eigenvalue weighted by Crippen LogP contribution is 2.30. The minimum absolute atomic E-state index is 0.105. The van der Waals surface area contributed by atoms with E-state index in [4.69, 9.17) is 4.52 Å².